The van der Waals surface area contributed by atoms with Gasteiger partial charge in [-0.05, 0) is 61.6 Å². The van der Waals surface area contributed by atoms with Gasteiger partial charge >= 0.3 is 5.97 Å². The van der Waals surface area contributed by atoms with Crippen molar-refractivity contribution in [1.29, 1.82) is 0 Å². The second kappa shape index (κ2) is 8.56. The van der Waals surface area contributed by atoms with Crippen LogP contribution in [0.3, 0.4) is 0 Å². The van der Waals surface area contributed by atoms with Crippen LogP contribution in [0, 0.1) is 0 Å². The quantitative estimate of drug-likeness (QED) is 0.598. The molecule has 26 heavy (non-hydrogen) atoms. The molecule has 3 rings (SSSR count). The molecule has 0 bridgehead atoms. The first-order valence-electron chi connectivity index (χ1n) is 8.38. The molecule has 0 saturated carbocycles. The third-order valence-corrected chi connectivity index (χ3v) is 5.27. The molecule has 0 aliphatic heterocycles. The van der Waals surface area contributed by atoms with Crippen LogP contribution < -0.4 is 5.32 Å². The monoisotopic (exact) mass is 390 g/mol. The van der Waals surface area contributed by atoms with Crippen molar-refractivity contribution in [2.24, 2.45) is 0 Å². The summed E-state index contributed by atoms with van der Waals surface area (Å²) in [4.78, 5) is 29.1. The number of hydrogen-bond donors (Lipinski definition) is 1. The zero-order valence-electron chi connectivity index (χ0n) is 14.3. The fourth-order valence-corrected chi connectivity index (χ4v) is 3.60. The molecule has 1 aliphatic rings. The summed E-state index contributed by atoms with van der Waals surface area (Å²) in [5.41, 5.74) is 2.77. The van der Waals surface area contributed by atoms with E-state index in [1.54, 1.807) is 12.1 Å². The van der Waals surface area contributed by atoms with Crippen molar-refractivity contribution in [2.45, 2.75) is 37.2 Å². The summed E-state index contributed by atoms with van der Waals surface area (Å²) in [6.45, 7) is 1.53. The van der Waals surface area contributed by atoms with Crippen molar-refractivity contribution in [3.63, 3.8) is 0 Å². The third-order valence-electron chi connectivity index (χ3n) is 4.08. The van der Waals surface area contributed by atoms with Gasteiger partial charge in [-0.25, -0.2) is 4.98 Å². The molecule has 1 aromatic heterocycles. The van der Waals surface area contributed by atoms with Crippen molar-refractivity contribution in [2.75, 3.05) is 11.1 Å². The first-order valence-corrected chi connectivity index (χ1v) is 9.74. The van der Waals surface area contributed by atoms with E-state index in [0.717, 1.165) is 17.7 Å². The SMILES string of the molecule is CC(OC(=O)CSc1ccc2c(c1)CCC2)C(=O)Nc1ccc(Cl)cn1. The molecule has 7 heteroatoms. The van der Waals surface area contributed by atoms with Gasteiger partial charge in [0.05, 0.1) is 10.8 Å². The highest BCUT2D eigenvalue weighted by Crippen LogP contribution is 2.27. The van der Waals surface area contributed by atoms with Gasteiger partial charge in [0.15, 0.2) is 6.10 Å². The summed E-state index contributed by atoms with van der Waals surface area (Å²) in [5, 5.41) is 3.06. The minimum Gasteiger partial charge on any atom is -0.452 e. The van der Waals surface area contributed by atoms with Crippen LogP contribution in [0.25, 0.3) is 0 Å². The van der Waals surface area contributed by atoms with Gasteiger partial charge in [0.1, 0.15) is 5.82 Å². The van der Waals surface area contributed by atoms with Gasteiger partial charge in [0.2, 0.25) is 0 Å². The average Bonchev–Trinajstić information content (AvgIpc) is 3.09. The molecule has 1 amide bonds. The van der Waals surface area contributed by atoms with E-state index in [4.69, 9.17) is 16.3 Å². The summed E-state index contributed by atoms with van der Waals surface area (Å²) in [6.07, 6.45) is 3.96. The zero-order chi connectivity index (χ0) is 18.5. The minimum absolute atomic E-state index is 0.162. The Kier molecular flexibility index (Phi) is 6.16. The van der Waals surface area contributed by atoms with Gasteiger partial charge in [-0.3, -0.25) is 9.59 Å². The summed E-state index contributed by atoms with van der Waals surface area (Å²) in [7, 11) is 0. The van der Waals surface area contributed by atoms with E-state index in [2.05, 4.69) is 22.4 Å². The molecule has 1 N–H and O–H groups in total. The fraction of sp³-hybridized carbons (Fsp3) is 0.316. The van der Waals surface area contributed by atoms with E-state index < -0.39 is 18.0 Å². The van der Waals surface area contributed by atoms with Crippen molar-refractivity contribution in [3.8, 4) is 0 Å². The highest BCUT2D eigenvalue weighted by molar-refractivity contribution is 8.00. The Morgan fingerprint density at radius 1 is 1.27 bits per heavy atom. The van der Waals surface area contributed by atoms with Crippen molar-refractivity contribution in [1.82, 2.24) is 4.98 Å². The number of ether oxygens (including phenoxy) is 1. The van der Waals surface area contributed by atoms with Crippen LogP contribution in [0.1, 0.15) is 24.5 Å². The van der Waals surface area contributed by atoms with E-state index in [1.165, 1.54) is 42.4 Å². The number of nitrogens with one attached hydrogen (secondary N) is 1. The first-order chi connectivity index (χ1) is 12.5. The van der Waals surface area contributed by atoms with Crippen molar-refractivity contribution >= 4 is 41.1 Å². The lowest BCUT2D eigenvalue weighted by molar-refractivity contribution is -0.150. The number of thioether (sulfide) groups is 1. The number of rotatable bonds is 6. The summed E-state index contributed by atoms with van der Waals surface area (Å²) < 4.78 is 5.20. The molecule has 2 aromatic rings. The molecule has 5 nitrogen and oxygen atoms in total. The van der Waals surface area contributed by atoms with E-state index in [9.17, 15) is 9.59 Å². The van der Waals surface area contributed by atoms with Gasteiger partial charge in [-0.1, -0.05) is 17.7 Å². The first kappa shape index (κ1) is 18.7. The number of pyridine rings is 1. The zero-order valence-corrected chi connectivity index (χ0v) is 15.9. The van der Waals surface area contributed by atoms with Crippen LogP contribution >= 0.6 is 23.4 Å². The van der Waals surface area contributed by atoms with Crippen LogP contribution in [0.4, 0.5) is 5.82 Å². The number of anilines is 1. The van der Waals surface area contributed by atoms with Gasteiger partial charge in [0, 0.05) is 11.1 Å². The Hall–Kier alpha value is -2.05. The van der Waals surface area contributed by atoms with Crippen LogP contribution in [-0.2, 0) is 27.2 Å². The number of fused-ring (bicyclic) bond motifs is 1. The summed E-state index contributed by atoms with van der Waals surface area (Å²) in [5.74, 6) is -0.344. The number of esters is 1. The molecular weight excluding hydrogens is 372 g/mol. The predicted molar refractivity (Wildman–Crippen MR) is 103 cm³/mol. The summed E-state index contributed by atoms with van der Waals surface area (Å²) >= 11 is 7.17. The number of amides is 1. The molecular formula is C19H19ClN2O3S. The molecule has 0 saturated heterocycles. The lowest BCUT2D eigenvalue weighted by Crippen LogP contribution is -2.30. The maximum atomic E-state index is 12.1. The second-order valence-electron chi connectivity index (χ2n) is 6.06. The summed E-state index contributed by atoms with van der Waals surface area (Å²) in [6, 6.07) is 9.50. The topological polar surface area (TPSA) is 68.3 Å². The Bertz CT molecular complexity index is 811. The normalized spacial score (nSPS) is 13.8. The number of aryl methyl sites for hydroxylation is 2. The molecule has 1 heterocycles. The standard InChI is InChI=1S/C19H19ClN2O3S/c1-12(19(24)22-17-8-6-15(20)10-21-17)25-18(23)11-26-16-7-5-13-3-2-4-14(13)9-16/h5-10,12H,2-4,11H2,1H3,(H,21,22,24). The molecule has 1 aromatic carbocycles. The largest absolute Gasteiger partial charge is 0.452 e. The Balaban J connectivity index is 1.46. The number of hydrogen-bond acceptors (Lipinski definition) is 5. The highest BCUT2D eigenvalue weighted by Gasteiger charge is 2.19. The number of halogens is 1. The smallest absolute Gasteiger partial charge is 0.317 e. The van der Waals surface area contributed by atoms with Gasteiger partial charge in [0.25, 0.3) is 5.91 Å². The Morgan fingerprint density at radius 3 is 2.85 bits per heavy atom. The second-order valence-corrected chi connectivity index (χ2v) is 7.54. The van der Waals surface area contributed by atoms with E-state index in [1.807, 2.05) is 6.07 Å². The molecule has 0 radical (unpaired) electrons. The van der Waals surface area contributed by atoms with Crippen LogP contribution in [0.5, 0.6) is 0 Å². The highest BCUT2D eigenvalue weighted by atomic mass is 35.5. The Labute approximate surface area is 161 Å². The number of nitrogens with zero attached hydrogens (tertiary/aromatic N) is 1. The maximum Gasteiger partial charge on any atom is 0.317 e. The Morgan fingerprint density at radius 2 is 2.08 bits per heavy atom. The third kappa shape index (κ3) is 4.99. The molecule has 0 fully saturated rings. The van der Waals surface area contributed by atoms with Crippen LogP contribution in [0.2, 0.25) is 5.02 Å². The predicted octanol–water partition coefficient (Wildman–Crippen LogP) is 3.89. The number of benzene rings is 1. The number of carbonyl (C=O) groups excluding carboxylic acids is 2. The molecule has 1 atom stereocenters. The molecule has 136 valence electrons. The van der Waals surface area contributed by atoms with E-state index in [-0.39, 0.29) is 5.75 Å². The van der Waals surface area contributed by atoms with Crippen molar-refractivity contribution < 1.29 is 14.3 Å². The van der Waals surface area contributed by atoms with Gasteiger partial charge in [-0.2, -0.15) is 0 Å². The van der Waals surface area contributed by atoms with Crippen molar-refractivity contribution in [3.05, 3.63) is 52.7 Å². The number of aromatic nitrogens is 1. The fourth-order valence-electron chi connectivity index (χ4n) is 2.74. The lowest BCUT2D eigenvalue weighted by Gasteiger charge is -2.13. The van der Waals surface area contributed by atoms with E-state index >= 15 is 0 Å². The molecule has 1 aliphatic carbocycles. The minimum atomic E-state index is -0.902. The lowest BCUT2D eigenvalue weighted by atomic mass is 10.1. The number of carbonyl (C=O) groups is 2. The van der Waals surface area contributed by atoms with Crippen LogP contribution in [-0.4, -0.2) is 28.7 Å². The van der Waals surface area contributed by atoms with E-state index in [0.29, 0.717) is 10.8 Å². The maximum absolute atomic E-state index is 12.1. The average molecular weight is 391 g/mol. The molecule has 1 unspecified atom stereocenters. The van der Waals surface area contributed by atoms with Crippen LogP contribution in [0.15, 0.2) is 41.4 Å². The molecule has 0 spiro atoms. The van der Waals surface area contributed by atoms with Gasteiger partial charge in [-0.15, -0.1) is 11.8 Å². The van der Waals surface area contributed by atoms with Gasteiger partial charge < -0.3 is 10.1 Å².